The number of hydrogen-bond acceptors (Lipinski definition) is 2. The van der Waals surface area contributed by atoms with Crippen LogP contribution < -0.4 is 0 Å². The molecule has 0 saturated heterocycles. The lowest BCUT2D eigenvalue weighted by Crippen LogP contribution is -1.98. The highest BCUT2D eigenvalue weighted by molar-refractivity contribution is 9.10. The molecule has 1 aromatic carbocycles. The summed E-state index contributed by atoms with van der Waals surface area (Å²) in [6.07, 6.45) is 0.711. The standard InChI is InChI=1S/C11H13BrO2/c1-6(2)10-8(5-13)11(14)7(3)4-9(10)12/h4-6,14H,1-3H3. The SMILES string of the molecule is Cc1cc(Br)c(C(C)C)c(C=O)c1O. The summed E-state index contributed by atoms with van der Waals surface area (Å²) in [4.78, 5) is 10.9. The fraction of sp³-hybridized carbons (Fsp3) is 0.364. The van der Waals surface area contributed by atoms with Crippen molar-refractivity contribution in [3.63, 3.8) is 0 Å². The van der Waals surface area contributed by atoms with Crippen molar-refractivity contribution in [1.82, 2.24) is 0 Å². The Kier molecular flexibility index (Phi) is 3.32. The molecule has 0 aromatic heterocycles. The largest absolute Gasteiger partial charge is 0.507 e. The molecule has 0 aliphatic rings. The number of carbonyl (C=O) groups excluding carboxylic acids is 1. The molecule has 1 aromatic rings. The van der Waals surface area contributed by atoms with Crippen LogP contribution in [0.15, 0.2) is 10.5 Å². The maximum absolute atomic E-state index is 10.9. The predicted molar refractivity (Wildman–Crippen MR) is 60.0 cm³/mol. The van der Waals surface area contributed by atoms with Gasteiger partial charge in [0.1, 0.15) is 5.75 Å². The van der Waals surface area contributed by atoms with Gasteiger partial charge in [0, 0.05) is 4.47 Å². The number of phenolic OH excluding ortho intramolecular Hbond substituents is 1. The van der Waals surface area contributed by atoms with E-state index in [0.717, 1.165) is 10.0 Å². The summed E-state index contributed by atoms with van der Waals surface area (Å²) in [5, 5.41) is 9.70. The Balaban J connectivity index is 3.55. The van der Waals surface area contributed by atoms with Crippen molar-refractivity contribution < 1.29 is 9.90 Å². The van der Waals surface area contributed by atoms with Crippen molar-refractivity contribution >= 4 is 22.2 Å². The van der Waals surface area contributed by atoms with Gasteiger partial charge in [0.25, 0.3) is 0 Å². The van der Waals surface area contributed by atoms with Crippen molar-refractivity contribution in [3.05, 3.63) is 27.2 Å². The number of aromatic hydroxyl groups is 1. The molecule has 0 heterocycles. The van der Waals surface area contributed by atoms with Crippen LogP contribution in [0.4, 0.5) is 0 Å². The number of halogens is 1. The normalized spacial score (nSPS) is 10.6. The summed E-state index contributed by atoms with van der Waals surface area (Å²) in [5.41, 5.74) is 1.97. The first kappa shape index (κ1) is 11.2. The molecule has 76 valence electrons. The molecular weight excluding hydrogens is 244 g/mol. The molecule has 2 nitrogen and oxygen atoms in total. The highest BCUT2D eigenvalue weighted by atomic mass is 79.9. The zero-order valence-corrected chi connectivity index (χ0v) is 10.1. The fourth-order valence-corrected chi connectivity index (χ4v) is 2.53. The number of hydrogen-bond donors (Lipinski definition) is 1. The molecular formula is C11H13BrO2. The van der Waals surface area contributed by atoms with Crippen LogP contribution in [-0.4, -0.2) is 11.4 Å². The van der Waals surface area contributed by atoms with Crippen LogP contribution in [-0.2, 0) is 0 Å². The third-order valence-electron chi connectivity index (χ3n) is 2.21. The summed E-state index contributed by atoms with van der Waals surface area (Å²) >= 11 is 3.40. The van der Waals surface area contributed by atoms with Gasteiger partial charge in [-0.3, -0.25) is 4.79 Å². The second-order valence-electron chi connectivity index (χ2n) is 3.62. The van der Waals surface area contributed by atoms with Crippen molar-refractivity contribution in [2.75, 3.05) is 0 Å². The van der Waals surface area contributed by atoms with Crippen molar-refractivity contribution in [1.29, 1.82) is 0 Å². The van der Waals surface area contributed by atoms with Crippen LogP contribution in [0.1, 0.15) is 41.3 Å². The number of carbonyl (C=O) groups is 1. The molecule has 1 N–H and O–H groups in total. The minimum atomic E-state index is 0.0897. The monoisotopic (exact) mass is 256 g/mol. The zero-order valence-electron chi connectivity index (χ0n) is 8.47. The smallest absolute Gasteiger partial charge is 0.154 e. The molecule has 3 heteroatoms. The lowest BCUT2D eigenvalue weighted by Gasteiger charge is -2.14. The Morgan fingerprint density at radius 1 is 1.50 bits per heavy atom. The first-order valence-electron chi connectivity index (χ1n) is 4.46. The van der Waals surface area contributed by atoms with Gasteiger partial charge >= 0.3 is 0 Å². The minimum absolute atomic E-state index is 0.0897. The van der Waals surface area contributed by atoms with Crippen LogP contribution in [0.5, 0.6) is 5.75 Å². The van der Waals surface area contributed by atoms with E-state index in [4.69, 9.17) is 0 Å². The Labute approximate surface area is 92.1 Å². The first-order chi connectivity index (χ1) is 6.49. The second kappa shape index (κ2) is 4.13. The van der Waals surface area contributed by atoms with Crippen molar-refractivity contribution in [2.24, 2.45) is 0 Å². The second-order valence-corrected chi connectivity index (χ2v) is 4.48. The third kappa shape index (κ3) is 1.82. The molecule has 0 fully saturated rings. The van der Waals surface area contributed by atoms with Crippen molar-refractivity contribution in [2.45, 2.75) is 26.7 Å². The summed E-state index contributed by atoms with van der Waals surface area (Å²) < 4.78 is 0.880. The number of aryl methyl sites for hydroxylation is 1. The summed E-state index contributed by atoms with van der Waals surface area (Å²) in [6, 6.07) is 1.83. The van der Waals surface area contributed by atoms with Crippen LogP contribution in [0.3, 0.4) is 0 Å². The number of aldehydes is 1. The van der Waals surface area contributed by atoms with Crippen LogP contribution in [0.25, 0.3) is 0 Å². The van der Waals surface area contributed by atoms with Gasteiger partial charge in [-0.1, -0.05) is 29.8 Å². The van der Waals surface area contributed by atoms with E-state index in [-0.39, 0.29) is 11.7 Å². The van der Waals surface area contributed by atoms with Gasteiger partial charge in [-0.15, -0.1) is 0 Å². The number of benzene rings is 1. The van der Waals surface area contributed by atoms with Crippen LogP contribution in [0.2, 0.25) is 0 Å². The quantitative estimate of drug-likeness (QED) is 0.824. The molecule has 0 aliphatic carbocycles. The topological polar surface area (TPSA) is 37.3 Å². The lowest BCUT2D eigenvalue weighted by molar-refractivity contribution is 0.111. The molecule has 0 amide bonds. The highest BCUT2D eigenvalue weighted by Gasteiger charge is 2.16. The Morgan fingerprint density at radius 3 is 2.50 bits per heavy atom. The van der Waals surface area contributed by atoms with Crippen molar-refractivity contribution in [3.8, 4) is 5.75 Å². The van der Waals surface area contributed by atoms with Gasteiger partial charge in [-0.05, 0) is 30.0 Å². The lowest BCUT2D eigenvalue weighted by atomic mass is 9.95. The maximum Gasteiger partial charge on any atom is 0.154 e. The molecule has 0 bridgehead atoms. The van der Waals surface area contributed by atoms with E-state index in [9.17, 15) is 9.90 Å². The van der Waals surface area contributed by atoms with E-state index in [1.165, 1.54) is 0 Å². The molecule has 0 atom stereocenters. The highest BCUT2D eigenvalue weighted by Crippen LogP contribution is 2.35. The van der Waals surface area contributed by atoms with Gasteiger partial charge in [0.15, 0.2) is 6.29 Å². The summed E-state index contributed by atoms with van der Waals surface area (Å²) in [7, 11) is 0. The van der Waals surface area contributed by atoms with Gasteiger partial charge in [0.05, 0.1) is 5.56 Å². The molecule has 0 aliphatic heterocycles. The Hall–Kier alpha value is -0.830. The van der Waals surface area contributed by atoms with Crippen LogP contribution in [0, 0.1) is 6.92 Å². The molecule has 14 heavy (non-hydrogen) atoms. The first-order valence-corrected chi connectivity index (χ1v) is 5.25. The minimum Gasteiger partial charge on any atom is -0.507 e. The van der Waals surface area contributed by atoms with E-state index < -0.39 is 0 Å². The molecule has 0 spiro atoms. The fourth-order valence-electron chi connectivity index (χ4n) is 1.51. The van der Waals surface area contributed by atoms with Gasteiger partial charge in [-0.25, -0.2) is 0 Å². The average molecular weight is 257 g/mol. The summed E-state index contributed by atoms with van der Waals surface area (Å²) in [5.74, 6) is 0.294. The van der Waals surface area contributed by atoms with E-state index in [2.05, 4.69) is 15.9 Å². The Morgan fingerprint density at radius 2 is 2.07 bits per heavy atom. The van der Waals surface area contributed by atoms with E-state index >= 15 is 0 Å². The molecule has 0 unspecified atom stereocenters. The zero-order chi connectivity index (χ0) is 10.9. The van der Waals surface area contributed by atoms with E-state index in [0.29, 0.717) is 17.4 Å². The van der Waals surface area contributed by atoms with E-state index in [1.54, 1.807) is 6.92 Å². The summed E-state index contributed by atoms with van der Waals surface area (Å²) in [6.45, 7) is 5.75. The van der Waals surface area contributed by atoms with E-state index in [1.807, 2.05) is 19.9 Å². The average Bonchev–Trinajstić information content (AvgIpc) is 2.09. The van der Waals surface area contributed by atoms with Crippen LogP contribution >= 0.6 is 15.9 Å². The molecule has 0 saturated carbocycles. The maximum atomic E-state index is 10.9. The molecule has 0 radical (unpaired) electrons. The Bertz CT molecular complexity index is 370. The number of rotatable bonds is 2. The predicted octanol–water partition coefficient (Wildman–Crippen LogP) is 3.40. The van der Waals surface area contributed by atoms with Gasteiger partial charge in [-0.2, -0.15) is 0 Å². The molecule has 1 rings (SSSR count). The van der Waals surface area contributed by atoms with Gasteiger partial charge < -0.3 is 5.11 Å². The number of phenols is 1. The third-order valence-corrected chi connectivity index (χ3v) is 2.87. The van der Waals surface area contributed by atoms with Gasteiger partial charge in [0.2, 0.25) is 0 Å².